The number of hydrogen-bond donors (Lipinski definition) is 0. The zero-order valence-electron chi connectivity index (χ0n) is 18.3. The first-order valence-corrected chi connectivity index (χ1v) is 10.8. The Morgan fingerprint density at radius 3 is 2.47 bits per heavy atom. The molecule has 4 rings (SSSR count). The van der Waals surface area contributed by atoms with Crippen LogP contribution >= 0.6 is 0 Å². The van der Waals surface area contributed by atoms with Crippen molar-refractivity contribution in [3.63, 3.8) is 0 Å². The third-order valence-corrected chi connectivity index (χ3v) is 6.17. The van der Waals surface area contributed by atoms with Crippen LogP contribution in [-0.2, 0) is 18.4 Å². The SMILES string of the molecule is CCC(=O)C1=C(c2ccc(F)cc2)CCN(CCn2c(=O)c3ccccc3n(C)c2=O)C1. The molecule has 0 amide bonds. The lowest BCUT2D eigenvalue weighted by Gasteiger charge is -2.30. The van der Waals surface area contributed by atoms with Gasteiger partial charge in [-0.25, -0.2) is 9.18 Å². The molecule has 0 bridgehead atoms. The van der Waals surface area contributed by atoms with Crippen molar-refractivity contribution in [1.82, 2.24) is 14.0 Å². The van der Waals surface area contributed by atoms with E-state index < -0.39 is 0 Å². The molecular formula is C25H26FN3O3. The van der Waals surface area contributed by atoms with E-state index in [0.29, 0.717) is 43.4 Å². The van der Waals surface area contributed by atoms with Gasteiger partial charge in [0.15, 0.2) is 5.78 Å². The molecule has 0 aliphatic carbocycles. The van der Waals surface area contributed by atoms with Gasteiger partial charge in [-0.15, -0.1) is 0 Å². The van der Waals surface area contributed by atoms with Crippen molar-refractivity contribution in [1.29, 1.82) is 0 Å². The number of ketones is 1. The van der Waals surface area contributed by atoms with Crippen LogP contribution in [0.2, 0.25) is 0 Å². The number of hydrogen-bond acceptors (Lipinski definition) is 4. The van der Waals surface area contributed by atoms with Crippen LogP contribution in [0, 0.1) is 5.82 Å². The van der Waals surface area contributed by atoms with Gasteiger partial charge >= 0.3 is 5.69 Å². The van der Waals surface area contributed by atoms with Gasteiger partial charge in [-0.1, -0.05) is 31.2 Å². The molecular weight excluding hydrogens is 409 g/mol. The first-order valence-electron chi connectivity index (χ1n) is 10.8. The lowest BCUT2D eigenvalue weighted by molar-refractivity contribution is -0.115. The number of nitrogens with zero attached hydrogens (tertiary/aromatic N) is 3. The van der Waals surface area contributed by atoms with Crippen LogP contribution < -0.4 is 11.2 Å². The van der Waals surface area contributed by atoms with Crippen molar-refractivity contribution < 1.29 is 9.18 Å². The van der Waals surface area contributed by atoms with Gasteiger partial charge in [0.2, 0.25) is 0 Å². The maximum Gasteiger partial charge on any atom is 0.331 e. The van der Waals surface area contributed by atoms with E-state index >= 15 is 0 Å². The van der Waals surface area contributed by atoms with E-state index in [2.05, 4.69) is 4.90 Å². The van der Waals surface area contributed by atoms with Crippen LogP contribution in [0.15, 0.2) is 63.7 Å². The summed E-state index contributed by atoms with van der Waals surface area (Å²) in [5.41, 5.74) is 2.50. The summed E-state index contributed by atoms with van der Waals surface area (Å²) in [6.07, 6.45) is 1.04. The van der Waals surface area contributed by atoms with Gasteiger partial charge in [0.05, 0.1) is 10.9 Å². The highest BCUT2D eigenvalue weighted by Gasteiger charge is 2.24. The Bertz CT molecular complexity index is 1320. The number of carbonyl (C=O) groups is 1. The maximum absolute atomic E-state index is 13.3. The van der Waals surface area contributed by atoms with E-state index in [1.54, 1.807) is 43.4 Å². The summed E-state index contributed by atoms with van der Waals surface area (Å²) in [7, 11) is 1.66. The van der Waals surface area contributed by atoms with Gasteiger partial charge in [-0.05, 0) is 41.8 Å². The fourth-order valence-corrected chi connectivity index (χ4v) is 4.35. The minimum atomic E-state index is -0.349. The summed E-state index contributed by atoms with van der Waals surface area (Å²) in [5, 5.41) is 0.508. The zero-order valence-corrected chi connectivity index (χ0v) is 18.3. The molecule has 0 saturated heterocycles. The molecule has 166 valence electrons. The molecule has 0 atom stereocenters. The molecule has 0 spiro atoms. The van der Waals surface area contributed by atoms with Crippen molar-refractivity contribution in [2.45, 2.75) is 26.3 Å². The van der Waals surface area contributed by atoms with Crippen LogP contribution in [0.4, 0.5) is 4.39 Å². The van der Waals surface area contributed by atoms with Crippen molar-refractivity contribution in [2.75, 3.05) is 19.6 Å². The van der Waals surface area contributed by atoms with Crippen LogP contribution in [-0.4, -0.2) is 39.5 Å². The van der Waals surface area contributed by atoms with Gasteiger partial charge in [-0.2, -0.15) is 0 Å². The number of aromatic nitrogens is 2. The third kappa shape index (κ3) is 4.08. The monoisotopic (exact) mass is 435 g/mol. The number of halogens is 1. The summed E-state index contributed by atoms with van der Waals surface area (Å²) in [5.74, 6) is -0.245. The van der Waals surface area contributed by atoms with Gasteiger partial charge in [-0.3, -0.25) is 23.6 Å². The molecule has 32 heavy (non-hydrogen) atoms. The molecule has 0 radical (unpaired) electrons. The Hall–Kier alpha value is -3.32. The quantitative estimate of drug-likeness (QED) is 0.597. The van der Waals surface area contributed by atoms with Gasteiger partial charge < -0.3 is 0 Å². The van der Waals surface area contributed by atoms with E-state index in [9.17, 15) is 18.8 Å². The fourth-order valence-electron chi connectivity index (χ4n) is 4.35. The third-order valence-electron chi connectivity index (χ3n) is 6.17. The zero-order chi connectivity index (χ0) is 22.8. The number of Topliss-reactive ketones (excluding diaryl/α,β-unsaturated/α-hetero) is 1. The smallest absolute Gasteiger partial charge is 0.297 e. The number of benzene rings is 2. The molecule has 1 aliphatic rings. The van der Waals surface area contributed by atoms with Crippen molar-refractivity contribution in [2.24, 2.45) is 7.05 Å². The van der Waals surface area contributed by atoms with Crippen LogP contribution in [0.5, 0.6) is 0 Å². The normalized spacial score (nSPS) is 14.8. The van der Waals surface area contributed by atoms with E-state index in [4.69, 9.17) is 0 Å². The average Bonchev–Trinajstić information content (AvgIpc) is 2.82. The summed E-state index contributed by atoms with van der Waals surface area (Å²) >= 11 is 0. The minimum Gasteiger partial charge on any atom is -0.297 e. The predicted molar refractivity (Wildman–Crippen MR) is 123 cm³/mol. The number of rotatable bonds is 6. The van der Waals surface area contributed by atoms with Crippen LogP contribution in [0.25, 0.3) is 16.5 Å². The molecule has 3 aromatic rings. The molecule has 7 heteroatoms. The first kappa shape index (κ1) is 21.9. The Balaban J connectivity index is 1.60. The summed E-state index contributed by atoms with van der Waals surface area (Å²) < 4.78 is 16.1. The molecule has 0 N–H and O–H groups in total. The second-order valence-electron chi connectivity index (χ2n) is 8.08. The average molecular weight is 435 g/mol. The largest absolute Gasteiger partial charge is 0.331 e. The molecule has 2 aromatic carbocycles. The molecule has 0 fully saturated rings. The van der Waals surface area contributed by atoms with E-state index in [0.717, 1.165) is 16.7 Å². The molecule has 1 aromatic heterocycles. The highest BCUT2D eigenvalue weighted by atomic mass is 19.1. The number of para-hydroxylation sites is 1. The Labute approximate surface area is 185 Å². The Morgan fingerprint density at radius 1 is 1.03 bits per heavy atom. The Morgan fingerprint density at radius 2 is 1.75 bits per heavy atom. The molecule has 6 nitrogen and oxygen atoms in total. The van der Waals surface area contributed by atoms with E-state index in [1.807, 2.05) is 6.92 Å². The van der Waals surface area contributed by atoms with E-state index in [-0.39, 0.29) is 29.4 Å². The van der Waals surface area contributed by atoms with Gasteiger partial charge in [0, 0.05) is 45.2 Å². The summed E-state index contributed by atoms with van der Waals surface area (Å²) in [4.78, 5) is 40.4. The number of fused-ring (bicyclic) bond motifs is 1. The lowest BCUT2D eigenvalue weighted by atomic mass is 9.90. The number of aryl methyl sites for hydroxylation is 1. The molecule has 2 heterocycles. The van der Waals surface area contributed by atoms with Crippen molar-refractivity contribution in [3.05, 3.63) is 86.3 Å². The van der Waals surface area contributed by atoms with E-state index in [1.165, 1.54) is 21.3 Å². The standard InChI is InChI=1S/C25H26FN3O3/c1-3-23(30)21-16-28(13-12-19(21)17-8-10-18(26)11-9-17)14-15-29-24(31)20-6-4-5-7-22(20)27(2)25(29)32/h4-11H,3,12-16H2,1-2H3. The van der Waals surface area contributed by atoms with Crippen LogP contribution in [0.3, 0.4) is 0 Å². The second-order valence-corrected chi connectivity index (χ2v) is 8.08. The lowest BCUT2D eigenvalue weighted by Crippen LogP contribution is -2.43. The Kier molecular flexibility index (Phi) is 6.19. The second kappa shape index (κ2) is 9.04. The molecule has 1 aliphatic heterocycles. The number of carbonyl (C=O) groups excluding carboxylic acids is 1. The highest BCUT2D eigenvalue weighted by Crippen LogP contribution is 2.28. The minimum absolute atomic E-state index is 0.0628. The van der Waals surface area contributed by atoms with Gasteiger partial charge in [0.25, 0.3) is 5.56 Å². The van der Waals surface area contributed by atoms with Crippen molar-refractivity contribution >= 4 is 22.3 Å². The fraction of sp³-hybridized carbons (Fsp3) is 0.320. The molecule has 0 saturated carbocycles. The molecule has 0 unspecified atom stereocenters. The predicted octanol–water partition coefficient (Wildman–Crippen LogP) is 2.98. The summed E-state index contributed by atoms with van der Waals surface area (Å²) in [6, 6.07) is 13.3. The van der Waals surface area contributed by atoms with Crippen LogP contribution in [0.1, 0.15) is 25.3 Å². The first-order chi connectivity index (χ1) is 15.4. The van der Waals surface area contributed by atoms with Gasteiger partial charge in [0.1, 0.15) is 5.82 Å². The highest BCUT2D eigenvalue weighted by molar-refractivity contribution is 6.03. The van der Waals surface area contributed by atoms with Crippen molar-refractivity contribution in [3.8, 4) is 0 Å². The summed E-state index contributed by atoms with van der Waals surface area (Å²) in [6.45, 7) is 3.69. The topological polar surface area (TPSA) is 64.3 Å². The maximum atomic E-state index is 13.3.